The van der Waals surface area contributed by atoms with Gasteiger partial charge in [0.05, 0.1) is 29.9 Å². The third-order valence-electron chi connectivity index (χ3n) is 5.88. The minimum absolute atomic E-state index is 0.0123. The van der Waals surface area contributed by atoms with E-state index in [0.717, 1.165) is 30.2 Å². The second-order valence-electron chi connectivity index (χ2n) is 8.89. The molecule has 0 bridgehead atoms. The van der Waals surface area contributed by atoms with Crippen LogP contribution in [0.1, 0.15) is 57.2 Å². The monoisotopic (exact) mass is 570 g/mol. The zero-order valence-electron chi connectivity index (χ0n) is 22.6. The first-order valence-corrected chi connectivity index (χ1v) is 12.8. The van der Waals surface area contributed by atoms with Gasteiger partial charge in [0.2, 0.25) is 0 Å². The lowest BCUT2D eigenvalue weighted by molar-refractivity contribution is -0.139. The van der Waals surface area contributed by atoms with Crippen LogP contribution >= 0.6 is 0 Å². The van der Waals surface area contributed by atoms with Gasteiger partial charge >= 0.3 is 24.1 Å². The number of carbonyl (C=O) groups excluding carboxylic acids is 3. The number of carbonyl (C=O) groups is 3. The number of unbranched alkanes of at least 4 members (excludes halogenated alkanes) is 1. The van der Waals surface area contributed by atoms with Crippen molar-refractivity contribution in [2.75, 3.05) is 13.2 Å². The molecule has 3 aromatic carbocycles. The van der Waals surface area contributed by atoms with Crippen molar-refractivity contribution in [2.24, 2.45) is 0 Å². The molecule has 0 saturated heterocycles. The summed E-state index contributed by atoms with van der Waals surface area (Å²) in [5, 5.41) is 0. The molecule has 0 aliphatic heterocycles. The highest BCUT2D eigenvalue weighted by molar-refractivity contribution is 5.93. The van der Waals surface area contributed by atoms with Crippen LogP contribution in [0.5, 0.6) is 17.2 Å². The molecule has 216 valence electrons. The van der Waals surface area contributed by atoms with Gasteiger partial charge in [-0.05, 0) is 85.8 Å². The Morgan fingerprint density at radius 3 is 2.05 bits per heavy atom. The number of alkyl halides is 3. The van der Waals surface area contributed by atoms with E-state index >= 15 is 0 Å². The van der Waals surface area contributed by atoms with Crippen molar-refractivity contribution >= 4 is 17.9 Å². The molecule has 0 N–H and O–H groups in total. The van der Waals surface area contributed by atoms with Crippen molar-refractivity contribution in [1.29, 1.82) is 0 Å². The number of halogens is 3. The molecule has 10 heteroatoms. The topological polar surface area (TPSA) is 88.1 Å². The van der Waals surface area contributed by atoms with Crippen LogP contribution in [-0.2, 0) is 22.1 Å². The van der Waals surface area contributed by atoms with Gasteiger partial charge in [0.25, 0.3) is 0 Å². The Morgan fingerprint density at radius 1 is 0.829 bits per heavy atom. The molecular formula is C31H29F3O7. The van der Waals surface area contributed by atoms with Gasteiger partial charge < -0.3 is 18.9 Å². The molecule has 0 heterocycles. The second-order valence-corrected chi connectivity index (χ2v) is 8.89. The van der Waals surface area contributed by atoms with Gasteiger partial charge in [0.15, 0.2) is 0 Å². The van der Waals surface area contributed by atoms with Crippen LogP contribution in [0.3, 0.4) is 0 Å². The molecule has 3 aromatic rings. The van der Waals surface area contributed by atoms with Crippen LogP contribution in [-0.4, -0.2) is 31.1 Å². The molecule has 0 spiro atoms. The van der Waals surface area contributed by atoms with Gasteiger partial charge in [-0.2, -0.15) is 13.2 Å². The number of hydrogen-bond donors (Lipinski definition) is 0. The van der Waals surface area contributed by atoms with Gasteiger partial charge in [-0.15, -0.1) is 0 Å². The van der Waals surface area contributed by atoms with Crippen LogP contribution in [0.2, 0.25) is 0 Å². The molecular weight excluding hydrogens is 541 g/mol. The molecule has 0 fully saturated rings. The molecule has 41 heavy (non-hydrogen) atoms. The highest BCUT2D eigenvalue weighted by atomic mass is 19.4. The molecule has 0 unspecified atom stereocenters. The van der Waals surface area contributed by atoms with Crippen molar-refractivity contribution < 1.29 is 46.5 Å². The summed E-state index contributed by atoms with van der Waals surface area (Å²) in [6, 6.07) is 13.5. The van der Waals surface area contributed by atoms with E-state index in [9.17, 15) is 27.6 Å². The largest absolute Gasteiger partial charge is 0.493 e. The average Bonchev–Trinajstić information content (AvgIpc) is 2.95. The summed E-state index contributed by atoms with van der Waals surface area (Å²) >= 11 is 0. The fraction of sp³-hybridized carbons (Fsp3) is 0.258. The van der Waals surface area contributed by atoms with Crippen LogP contribution in [0.15, 0.2) is 73.3 Å². The maximum absolute atomic E-state index is 13.8. The summed E-state index contributed by atoms with van der Waals surface area (Å²) in [6.07, 6.45) is -1.88. The standard InChI is InChI=1S/C31H29F3O7/c1-4-21-8-12-24(13-9-21)40-29(36)23-11-15-27(25(19-23)31(32,33)34)41-30(37)22-10-14-26(20(3)18-22)38-16-6-7-17-39-28(35)5-2/h5,8-15,18-19H,2,4,6-7,16-17H2,1,3H3. The summed E-state index contributed by atoms with van der Waals surface area (Å²) in [4.78, 5) is 36.2. The summed E-state index contributed by atoms with van der Waals surface area (Å²) in [5.41, 5.74) is -0.0599. The number of hydrogen-bond acceptors (Lipinski definition) is 7. The molecule has 0 aliphatic carbocycles. The van der Waals surface area contributed by atoms with E-state index in [1.54, 1.807) is 31.2 Å². The average molecular weight is 571 g/mol. The smallest absolute Gasteiger partial charge is 0.420 e. The van der Waals surface area contributed by atoms with Crippen LogP contribution < -0.4 is 14.2 Å². The predicted molar refractivity (Wildman–Crippen MR) is 144 cm³/mol. The SMILES string of the molecule is C=CC(=O)OCCCCOc1ccc(C(=O)Oc2ccc(C(=O)Oc3ccc(CC)cc3)cc2C(F)(F)F)cc1C. The van der Waals surface area contributed by atoms with Gasteiger partial charge in [-0.1, -0.05) is 25.6 Å². The number of rotatable bonds is 12. The highest BCUT2D eigenvalue weighted by Crippen LogP contribution is 2.37. The van der Waals surface area contributed by atoms with E-state index in [0.29, 0.717) is 36.8 Å². The van der Waals surface area contributed by atoms with Crippen molar-refractivity contribution in [2.45, 2.75) is 39.3 Å². The quantitative estimate of drug-likeness (QED) is 0.101. The van der Waals surface area contributed by atoms with Crippen molar-refractivity contribution in [3.63, 3.8) is 0 Å². The lowest BCUT2D eigenvalue weighted by atomic mass is 10.1. The maximum Gasteiger partial charge on any atom is 0.420 e. The fourth-order valence-corrected chi connectivity index (χ4v) is 3.64. The van der Waals surface area contributed by atoms with Crippen molar-refractivity contribution in [3.05, 3.63) is 101 Å². The van der Waals surface area contributed by atoms with E-state index in [-0.39, 0.29) is 23.5 Å². The van der Waals surface area contributed by atoms with Crippen molar-refractivity contribution in [3.8, 4) is 17.2 Å². The predicted octanol–water partition coefficient (Wildman–Crippen LogP) is 6.90. The van der Waals surface area contributed by atoms with Gasteiger partial charge in [0, 0.05) is 6.08 Å². The first-order valence-electron chi connectivity index (χ1n) is 12.8. The number of aryl methyl sites for hydroxylation is 2. The Kier molecular flexibility index (Phi) is 10.7. The molecule has 0 atom stereocenters. The van der Waals surface area contributed by atoms with Gasteiger partial charge in [-0.25, -0.2) is 14.4 Å². The summed E-state index contributed by atoms with van der Waals surface area (Å²) < 4.78 is 62.3. The summed E-state index contributed by atoms with van der Waals surface area (Å²) in [5.74, 6) is -2.58. The molecule has 3 rings (SSSR count). The van der Waals surface area contributed by atoms with Crippen molar-refractivity contribution in [1.82, 2.24) is 0 Å². The third kappa shape index (κ3) is 8.96. The molecule has 0 amide bonds. The minimum Gasteiger partial charge on any atom is -0.493 e. The van der Waals surface area contributed by atoms with E-state index < -0.39 is 35.4 Å². The summed E-state index contributed by atoms with van der Waals surface area (Å²) in [7, 11) is 0. The molecule has 7 nitrogen and oxygen atoms in total. The van der Waals surface area contributed by atoms with E-state index in [1.165, 1.54) is 18.2 Å². The zero-order chi connectivity index (χ0) is 30.0. The number of ether oxygens (including phenoxy) is 4. The van der Waals surface area contributed by atoms with Gasteiger partial charge in [-0.3, -0.25) is 0 Å². The Labute approximate surface area is 235 Å². The Balaban J connectivity index is 1.66. The Hall–Kier alpha value is -4.60. The van der Waals surface area contributed by atoms with E-state index in [1.807, 2.05) is 6.92 Å². The van der Waals surface area contributed by atoms with Crippen LogP contribution in [0, 0.1) is 6.92 Å². The van der Waals surface area contributed by atoms with E-state index in [4.69, 9.17) is 18.9 Å². The molecule has 0 radical (unpaired) electrons. The summed E-state index contributed by atoms with van der Waals surface area (Å²) in [6.45, 7) is 7.49. The van der Waals surface area contributed by atoms with Crippen LogP contribution in [0.4, 0.5) is 13.2 Å². The lowest BCUT2D eigenvalue weighted by Crippen LogP contribution is -2.16. The molecule has 0 saturated carbocycles. The van der Waals surface area contributed by atoms with Gasteiger partial charge in [0.1, 0.15) is 17.2 Å². The Bertz CT molecular complexity index is 1400. The first-order chi connectivity index (χ1) is 19.5. The number of esters is 3. The third-order valence-corrected chi connectivity index (χ3v) is 5.88. The zero-order valence-corrected chi connectivity index (χ0v) is 22.6. The normalized spacial score (nSPS) is 11.0. The fourth-order valence-electron chi connectivity index (χ4n) is 3.64. The highest BCUT2D eigenvalue weighted by Gasteiger charge is 2.36. The minimum atomic E-state index is -4.91. The molecule has 0 aromatic heterocycles. The second kappa shape index (κ2) is 14.2. The first kappa shape index (κ1) is 30.9. The Morgan fingerprint density at radius 2 is 1.44 bits per heavy atom. The number of benzene rings is 3. The lowest BCUT2D eigenvalue weighted by Gasteiger charge is -2.15. The van der Waals surface area contributed by atoms with E-state index in [2.05, 4.69) is 6.58 Å². The molecule has 0 aliphatic rings. The van der Waals surface area contributed by atoms with Crippen LogP contribution in [0.25, 0.3) is 0 Å². The maximum atomic E-state index is 13.8.